The van der Waals surface area contributed by atoms with Crippen LogP contribution in [0.25, 0.3) is 0 Å². The second-order valence-electron chi connectivity index (χ2n) is 6.78. The number of carbonyl (C=O) groups excluding carboxylic acids is 1. The maximum atomic E-state index is 12.4. The minimum absolute atomic E-state index is 0.0559. The van der Waals surface area contributed by atoms with E-state index in [1.165, 1.54) is 17.3 Å². The highest BCUT2D eigenvalue weighted by Gasteiger charge is 2.16. The van der Waals surface area contributed by atoms with Crippen LogP contribution < -0.4 is 0 Å². The summed E-state index contributed by atoms with van der Waals surface area (Å²) in [6, 6.07) is 17.2. The van der Waals surface area contributed by atoms with Crippen molar-refractivity contribution < 1.29 is 4.79 Å². The Morgan fingerprint density at radius 3 is 2.44 bits per heavy atom. The van der Waals surface area contributed by atoms with Crippen LogP contribution in [-0.4, -0.2) is 26.3 Å². The number of hydrogen-bond donors (Lipinski definition) is 0. The molecule has 3 aromatic rings. The Morgan fingerprint density at radius 2 is 1.78 bits per heavy atom. The highest BCUT2D eigenvalue weighted by molar-refractivity contribution is 7.99. The summed E-state index contributed by atoms with van der Waals surface area (Å²) in [6.07, 6.45) is 0.728. The molecule has 0 atom stereocenters. The van der Waals surface area contributed by atoms with Gasteiger partial charge in [-0.05, 0) is 35.7 Å². The summed E-state index contributed by atoms with van der Waals surface area (Å²) >= 11 is 7.32. The van der Waals surface area contributed by atoms with Gasteiger partial charge in [-0.25, -0.2) is 0 Å². The molecule has 0 fully saturated rings. The number of halogens is 1. The predicted molar refractivity (Wildman–Crippen MR) is 111 cm³/mol. The minimum Gasteiger partial charge on any atom is -0.305 e. The van der Waals surface area contributed by atoms with Crippen molar-refractivity contribution in [3.63, 3.8) is 0 Å². The molecule has 27 heavy (non-hydrogen) atoms. The largest absolute Gasteiger partial charge is 0.305 e. The molecule has 140 valence electrons. The van der Waals surface area contributed by atoms with Crippen molar-refractivity contribution in [2.75, 3.05) is 5.75 Å². The lowest BCUT2D eigenvalue weighted by molar-refractivity contribution is 0.102. The number of thioether (sulfide) groups is 1. The molecule has 6 heteroatoms. The summed E-state index contributed by atoms with van der Waals surface area (Å²) in [7, 11) is 0. The van der Waals surface area contributed by atoms with Gasteiger partial charge >= 0.3 is 0 Å². The van der Waals surface area contributed by atoms with Crippen molar-refractivity contribution in [2.24, 2.45) is 5.92 Å². The quantitative estimate of drug-likeness (QED) is 0.388. The molecule has 4 nitrogen and oxygen atoms in total. The lowest BCUT2D eigenvalue weighted by Crippen LogP contribution is -2.11. The fraction of sp³-hybridized carbons (Fsp3) is 0.286. The Morgan fingerprint density at radius 1 is 1.07 bits per heavy atom. The first-order valence-electron chi connectivity index (χ1n) is 8.90. The Kier molecular flexibility index (Phi) is 6.69. The molecule has 2 aromatic carbocycles. The molecule has 0 N–H and O–H groups in total. The van der Waals surface area contributed by atoms with Crippen molar-refractivity contribution in [1.82, 2.24) is 14.8 Å². The number of rotatable bonds is 8. The molecule has 0 saturated heterocycles. The second kappa shape index (κ2) is 9.20. The topological polar surface area (TPSA) is 47.8 Å². The SMILES string of the molecule is CC(C)Cn1c(Cc2ccccc2)nnc1SCC(=O)c1ccc(Cl)cc1. The van der Waals surface area contributed by atoms with E-state index in [0.717, 1.165) is 23.9 Å². The monoisotopic (exact) mass is 399 g/mol. The van der Waals surface area contributed by atoms with Crippen LogP contribution in [0.4, 0.5) is 0 Å². The molecule has 0 bridgehead atoms. The lowest BCUT2D eigenvalue weighted by Gasteiger charge is -2.12. The van der Waals surface area contributed by atoms with Crippen molar-refractivity contribution in [3.8, 4) is 0 Å². The molecule has 1 heterocycles. The van der Waals surface area contributed by atoms with Crippen LogP contribution in [0.2, 0.25) is 5.02 Å². The second-order valence-corrected chi connectivity index (χ2v) is 8.16. The summed E-state index contributed by atoms with van der Waals surface area (Å²) in [5.41, 5.74) is 1.86. The zero-order valence-corrected chi connectivity index (χ0v) is 17.0. The number of carbonyl (C=O) groups is 1. The number of hydrogen-bond acceptors (Lipinski definition) is 4. The van der Waals surface area contributed by atoms with Crippen LogP contribution >= 0.6 is 23.4 Å². The van der Waals surface area contributed by atoms with Gasteiger partial charge in [-0.3, -0.25) is 4.79 Å². The normalized spacial score (nSPS) is 11.1. The van der Waals surface area contributed by atoms with Crippen molar-refractivity contribution in [1.29, 1.82) is 0 Å². The highest BCUT2D eigenvalue weighted by atomic mass is 35.5. The standard InChI is InChI=1S/C21H22ClN3OS/c1-15(2)13-25-20(12-16-6-4-3-5-7-16)23-24-21(25)27-14-19(26)17-8-10-18(22)11-9-17/h3-11,15H,12-14H2,1-2H3. The first kappa shape index (κ1) is 19.6. The highest BCUT2D eigenvalue weighted by Crippen LogP contribution is 2.22. The van der Waals surface area contributed by atoms with Gasteiger partial charge in [0, 0.05) is 23.6 Å². The summed E-state index contributed by atoms with van der Waals surface area (Å²) in [6.45, 7) is 5.16. The molecule has 1 aromatic heterocycles. The fourth-order valence-corrected chi connectivity index (χ4v) is 3.72. The fourth-order valence-electron chi connectivity index (χ4n) is 2.73. The zero-order valence-electron chi connectivity index (χ0n) is 15.4. The first-order chi connectivity index (χ1) is 13.0. The maximum Gasteiger partial charge on any atom is 0.191 e. The van der Waals surface area contributed by atoms with Gasteiger partial charge in [-0.15, -0.1) is 10.2 Å². The lowest BCUT2D eigenvalue weighted by atomic mass is 10.1. The Bertz CT molecular complexity index is 892. The van der Waals surface area contributed by atoms with E-state index >= 15 is 0 Å². The van der Waals surface area contributed by atoms with Gasteiger partial charge in [0.25, 0.3) is 0 Å². The third kappa shape index (κ3) is 5.44. The number of ketones is 1. The zero-order chi connectivity index (χ0) is 19.2. The molecular formula is C21H22ClN3OS. The average Bonchev–Trinajstić information content (AvgIpc) is 3.02. The van der Waals surface area contributed by atoms with Gasteiger partial charge in [-0.1, -0.05) is 67.5 Å². The number of aromatic nitrogens is 3. The predicted octanol–water partition coefficient (Wildman–Crippen LogP) is 5.15. The van der Waals surface area contributed by atoms with E-state index in [4.69, 9.17) is 11.6 Å². The smallest absolute Gasteiger partial charge is 0.191 e. The number of benzene rings is 2. The number of Topliss-reactive ketones (excluding diaryl/α,β-unsaturated/α-hetero) is 1. The molecule has 0 saturated carbocycles. The molecule has 0 unspecified atom stereocenters. The van der Waals surface area contributed by atoms with E-state index in [9.17, 15) is 4.79 Å². The first-order valence-corrected chi connectivity index (χ1v) is 10.3. The van der Waals surface area contributed by atoms with E-state index in [-0.39, 0.29) is 5.78 Å². The van der Waals surface area contributed by atoms with Crippen molar-refractivity contribution in [3.05, 3.63) is 76.6 Å². The van der Waals surface area contributed by atoms with Crippen molar-refractivity contribution >= 4 is 29.1 Å². The van der Waals surface area contributed by atoms with Crippen LogP contribution in [0.5, 0.6) is 0 Å². The third-order valence-electron chi connectivity index (χ3n) is 4.04. The van der Waals surface area contributed by atoms with Gasteiger partial charge in [0.1, 0.15) is 5.82 Å². The Labute approximate surface area is 169 Å². The molecule has 0 aliphatic heterocycles. The van der Waals surface area contributed by atoms with E-state index in [1.807, 2.05) is 18.2 Å². The summed E-state index contributed by atoms with van der Waals surface area (Å²) in [5.74, 6) is 1.77. The van der Waals surface area contributed by atoms with Crippen molar-refractivity contribution in [2.45, 2.75) is 32.0 Å². The van der Waals surface area contributed by atoms with Crippen LogP contribution in [0, 0.1) is 5.92 Å². The number of nitrogens with zero attached hydrogens (tertiary/aromatic N) is 3. The summed E-state index contributed by atoms with van der Waals surface area (Å²) in [4.78, 5) is 12.4. The third-order valence-corrected chi connectivity index (χ3v) is 5.26. The molecule has 0 aliphatic rings. The van der Waals surface area contributed by atoms with Crippen LogP contribution in [0.1, 0.15) is 35.6 Å². The molecular weight excluding hydrogens is 378 g/mol. The van der Waals surface area contributed by atoms with Gasteiger partial charge in [0.05, 0.1) is 5.75 Å². The van der Waals surface area contributed by atoms with E-state index in [1.54, 1.807) is 24.3 Å². The summed E-state index contributed by atoms with van der Waals surface area (Å²) in [5, 5.41) is 10.2. The molecule has 3 rings (SSSR count). The molecule has 0 aliphatic carbocycles. The minimum atomic E-state index is 0.0559. The van der Waals surface area contributed by atoms with Crippen LogP contribution in [0.3, 0.4) is 0 Å². The summed E-state index contributed by atoms with van der Waals surface area (Å²) < 4.78 is 2.14. The van der Waals surface area contributed by atoms with Gasteiger partial charge in [0.15, 0.2) is 10.9 Å². The van der Waals surface area contributed by atoms with E-state index in [0.29, 0.717) is 22.3 Å². The maximum absolute atomic E-state index is 12.4. The molecule has 0 radical (unpaired) electrons. The Hall–Kier alpha value is -2.11. The molecule has 0 amide bonds. The van der Waals surface area contributed by atoms with Gasteiger partial charge in [-0.2, -0.15) is 0 Å². The van der Waals surface area contributed by atoms with E-state index in [2.05, 4.69) is 40.7 Å². The van der Waals surface area contributed by atoms with Gasteiger partial charge in [0.2, 0.25) is 0 Å². The Balaban J connectivity index is 1.74. The van der Waals surface area contributed by atoms with Gasteiger partial charge < -0.3 is 4.57 Å². The van der Waals surface area contributed by atoms with Crippen LogP contribution in [-0.2, 0) is 13.0 Å². The molecule has 0 spiro atoms. The average molecular weight is 400 g/mol. The van der Waals surface area contributed by atoms with E-state index < -0.39 is 0 Å². The van der Waals surface area contributed by atoms with Crippen LogP contribution in [0.15, 0.2) is 59.8 Å².